The van der Waals surface area contributed by atoms with E-state index in [1.165, 1.54) is 0 Å². The van der Waals surface area contributed by atoms with E-state index in [4.69, 9.17) is 11.6 Å². The Labute approximate surface area is 162 Å². The Hall–Kier alpha value is -2.93. The second-order valence-corrected chi connectivity index (χ2v) is 6.77. The van der Waals surface area contributed by atoms with Crippen LogP contribution in [0.2, 0.25) is 5.02 Å². The van der Waals surface area contributed by atoms with Crippen LogP contribution in [0, 0.1) is 0 Å². The van der Waals surface area contributed by atoms with Crippen molar-refractivity contribution in [2.24, 2.45) is 19.1 Å². The van der Waals surface area contributed by atoms with Gasteiger partial charge in [-0.3, -0.25) is 14.5 Å². The number of imidazole rings is 1. The van der Waals surface area contributed by atoms with Crippen molar-refractivity contribution in [3.8, 4) is 0 Å². The molecule has 27 heavy (non-hydrogen) atoms. The SMILES string of the molecule is C=C(CN=Cc1nn(C)c2cc(Cl)ccc12)C(=O)NC(C)c1nccn1C. The van der Waals surface area contributed by atoms with E-state index in [9.17, 15) is 4.79 Å². The highest BCUT2D eigenvalue weighted by molar-refractivity contribution is 6.31. The first-order chi connectivity index (χ1) is 12.9. The van der Waals surface area contributed by atoms with Crippen LogP contribution in [0.3, 0.4) is 0 Å². The van der Waals surface area contributed by atoms with Gasteiger partial charge in [0.15, 0.2) is 0 Å². The Kier molecular flexibility index (Phi) is 5.41. The molecule has 0 aliphatic rings. The summed E-state index contributed by atoms with van der Waals surface area (Å²) in [5.74, 6) is 0.526. The zero-order valence-corrected chi connectivity index (χ0v) is 16.2. The number of amides is 1. The van der Waals surface area contributed by atoms with Crippen molar-refractivity contribution in [2.45, 2.75) is 13.0 Å². The largest absolute Gasteiger partial charge is 0.343 e. The number of fused-ring (bicyclic) bond motifs is 1. The smallest absolute Gasteiger partial charge is 0.249 e. The van der Waals surface area contributed by atoms with E-state index in [-0.39, 0.29) is 18.5 Å². The first-order valence-corrected chi connectivity index (χ1v) is 8.82. The van der Waals surface area contributed by atoms with Crippen molar-refractivity contribution in [3.63, 3.8) is 0 Å². The number of hydrogen-bond acceptors (Lipinski definition) is 4. The zero-order valence-electron chi connectivity index (χ0n) is 15.5. The maximum absolute atomic E-state index is 12.3. The molecule has 2 heterocycles. The molecule has 1 atom stereocenters. The molecule has 0 aliphatic carbocycles. The molecule has 3 aromatic rings. The van der Waals surface area contributed by atoms with E-state index in [2.05, 4.69) is 27.0 Å². The Bertz CT molecular complexity index is 1030. The minimum absolute atomic E-state index is 0.185. The van der Waals surface area contributed by atoms with Crippen molar-refractivity contribution in [3.05, 3.63) is 59.3 Å². The van der Waals surface area contributed by atoms with Crippen LogP contribution in [0.5, 0.6) is 0 Å². The summed E-state index contributed by atoms with van der Waals surface area (Å²) in [5.41, 5.74) is 2.01. The van der Waals surface area contributed by atoms with E-state index >= 15 is 0 Å². The van der Waals surface area contributed by atoms with Crippen LogP contribution in [0.25, 0.3) is 10.9 Å². The molecular formula is C19H21ClN6O. The molecule has 1 amide bonds. The fourth-order valence-corrected chi connectivity index (χ4v) is 2.99. The number of carbonyl (C=O) groups excluding carboxylic acids is 1. The highest BCUT2D eigenvalue weighted by Crippen LogP contribution is 2.21. The van der Waals surface area contributed by atoms with Gasteiger partial charge in [0, 0.05) is 48.7 Å². The molecule has 2 aromatic heterocycles. The molecule has 0 aliphatic heterocycles. The lowest BCUT2D eigenvalue weighted by Crippen LogP contribution is -2.30. The van der Waals surface area contributed by atoms with E-state index in [1.807, 2.05) is 50.0 Å². The second kappa shape index (κ2) is 7.75. The van der Waals surface area contributed by atoms with Crippen LogP contribution in [0.15, 0.2) is 47.7 Å². The predicted octanol–water partition coefficient (Wildman–Crippen LogP) is 2.81. The van der Waals surface area contributed by atoms with Gasteiger partial charge in [0.1, 0.15) is 11.5 Å². The summed E-state index contributed by atoms with van der Waals surface area (Å²) < 4.78 is 3.61. The molecule has 140 valence electrons. The number of benzene rings is 1. The zero-order chi connectivity index (χ0) is 19.6. The highest BCUT2D eigenvalue weighted by Gasteiger charge is 2.15. The standard InChI is InChI=1S/C19H21ClN6O/c1-12(19(27)23-13(2)18-22-7-8-25(18)3)10-21-11-16-15-6-5-14(20)9-17(15)26(4)24-16/h5-9,11,13H,1,10H2,2-4H3,(H,23,27). The summed E-state index contributed by atoms with van der Waals surface area (Å²) in [5, 5.41) is 8.92. The molecule has 1 N–H and O–H groups in total. The van der Waals surface area contributed by atoms with Gasteiger partial charge in [-0.05, 0) is 25.1 Å². The van der Waals surface area contributed by atoms with Crippen molar-refractivity contribution >= 4 is 34.6 Å². The van der Waals surface area contributed by atoms with Gasteiger partial charge in [-0.1, -0.05) is 18.2 Å². The number of hydrogen-bond donors (Lipinski definition) is 1. The summed E-state index contributed by atoms with van der Waals surface area (Å²) in [4.78, 5) is 20.9. The first kappa shape index (κ1) is 18.8. The third kappa shape index (κ3) is 4.09. The Morgan fingerprint density at radius 1 is 1.44 bits per heavy atom. The summed E-state index contributed by atoms with van der Waals surface area (Å²) in [7, 11) is 3.73. The van der Waals surface area contributed by atoms with E-state index in [1.54, 1.807) is 17.1 Å². The van der Waals surface area contributed by atoms with Crippen LogP contribution in [0.1, 0.15) is 24.5 Å². The van der Waals surface area contributed by atoms with Gasteiger partial charge in [0.25, 0.3) is 0 Å². The lowest BCUT2D eigenvalue weighted by molar-refractivity contribution is -0.118. The van der Waals surface area contributed by atoms with Gasteiger partial charge in [-0.25, -0.2) is 4.98 Å². The minimum Gasteiger partial charge on any atom is -0.343 e. The number of rotatable bonds is 6. The Morgan fingerprint density at radius 3 is 2.93 bits per heavy atom. The number of aryl methyl sites for hydroxylation is 2. The number of nitrogens with zero attached hydrogens (tertiary/aromatic N) is 5. The summed E-state index contributed by atoms with van der Waals surface area (Å²) in [6, 6.07) is 5.35. The van der Waals surface area contributed by atoms with Crippen molar-refractivity contribution in [1.29, 1.82) is 0 Å². The summed E-state index contributed by atoms with van der Waals surface area (Å²) in [6.45, 7) is 5.89. The summed E-state index contributed by atoms with van der Waals surface area (Å²) >= 11 is 6.03. The third-order valence-corrected chi connectivity index (χ3v) is 4.49. The van der Waals surface area contributed by atoms with Crippen LogP contribution in [-0.4, -0.2) is 38.0 Å². The number of halogens is 1. The number of aliphatic imine (C=N–C) groups is 1. The normalized spacial score (nSPS) is 12.6. The molecule has 7 nitrogen and oxygen atoms in total. The van der Waals surface area contributed by atoms with E-state index in [0.717, 1.165) is 22.4 Å². The van der Waals surface area contributed by atoms with Crippen molar-refractivity contribution in [2.75, 3.05) is 6.54 Å². The molecule has 0 saturated heterocycles. The molecule has 8 heteroatoms. The molecule has 0 saturated carbocycles. The van der Waals surface area contributed by atoms with Gasteiger partial charge in [-0.2, -0.15) is 5.10 Å². The molecular weight excluding hydrogens is 364 g/mol. The molecule has 1 aromatic carbocycles. The van der Waals surface area contributed by atoms with Crippen LogP contribution in [-0.2, 0) is 18.9 Å². The average molecular weight is 385 g/mol. The number of aromatic nitrogens is 4. The van der Waals surface area contributed by atoms with Crippen molar-refractivity contribution < 1.29 is 4.79 Å². The third-order valence-electron chi connectivity index (χ3n) is 4.25. The maximum atomic E-state index is 12.3. The Morgan fingerprint density at radius 2 is 2.22 bits per heavy atom. The monoisotopic (exact) mass is 384 g/mol. The van der Waals surface area contributed by atoms with Crippen molar-refractivity contribution in [1.82, 2.24) is 24.6 Å². The highest BCUT2D eigenvalue weighted by atomic mass is 35.5. The number of carbonyl (C=O) groups is 1. The van der Waals surface area contributed by atoms with Gasteiger partial charge in [0.2, 0.25) is 5.91 Å². The average Bonchev–Trinajstić information content (AvgIpc) is 3.18. The molecule has 0 radical (unpaired) electrons. The fraction of sp³-hybridized carbons (Fsp3) is 0.263. The van der Waals surface area contributed by atoms with Crippen LogP contribution >= 0.6 is 11.6 Å². The topological polar surface area (TPSA) is 77.1 Å². The molecule has 0 spiro atoms. The fourth-order valence-electron chi connectivity index (χ4n) is 2.83. The molecule has 0 fully saturated rings. The van der Waals surface area contributed by atoms with Gasteiger partial charge in [-0.15, -0.1) is 0 Å². The predicted molar refractivity (Wildman–Crippen MR) is 107 cm³/mol. The summed E-state index contributed by atoms with van der Waals surface area (Å²) in [6.07, 6.45) is 5.18. The van der Waals surface area contributed by atoms with Gasteiger partial charge >= 0.3 is 0 Å². The second-order valence-electron chi connectivity index (χ2n) is 6.34. The minimum atomic E-state index is -0.250. The quantitative estimate of drug-likeness (QED) is 0.524. The van der Waals surface area contributed by atoms with E-state index in [0.29, 0.717) is 10.6 Å². The van der Waals surface area contributed by atoms with E-state index < -0.39 is 0 Å². The molecule has 1 unspecified atom stereocenters. The van der Waals surface area contributed by atoms with Crippen LogP contribution in [0.4, 0.5) is 0 Å². The first-order valence-electron chi connectivity index (χ1n) is 8.44. The Balaban J connectivity index is 1.63. The van der Waals surface area contributed by atoms with Crippen LogP contribution < -0.4 is 5.32 Å². The number of nitrogens with one attached hydrogen (secondary N) is 1. The van der Waals surface area contributed by atoms with Gasteiger partial charge < -0.3 is 9.88 Å². The molecule has 0 bridgehead atoms. The maximum Gasteiger partial charge on any atom is 0.249 e. The molecule has 3 rings (SSSR count). The lowest BCUT2D eigenvalue weighted by Gasteiger charge is -2.14. The van der Waals surface area contributed by atoms with Gasteiger partial charge in [0.05, 0.1) is 18.1 Å². The lowest BCUT2D eigenvalue weighted by atomic mass is 10.2.